The van der Waals surface area contributed by atoms with Crippen molar-refractivity contribution in [3.8, 4) is 5.82 Å². The Kier molecular flexibility index (Phi) is 3.61. The largest absolute Gasteiger partial charge is 0.236 e. The fraction of sp³-hybridized carbons (Fsp3) is 0.273. The van der Waals surface area contributed by atoms with Crippen LogP contribution in [0, 0.1) is 0 Å². The molecule has 0 aliphatic heterocycles. The van der Waals surface area contributed by atoms with Crippen molar-refractivity contribution in [2.24, 2.45) is 0 Å². The average molecular weight is 301 g/mol. The zero-order valence-corrected chi connectivity index (χ0v) is 11.2. The smallest absolute Gasteiger partial charge is 0.155 e. The summed E-state index contributed by atoms with van der Waals surface area (Å²) in [6, 6.07) is 5.67. The van der Waals surface area contributed by atoms with E-state index in [4.69, 9.17) is 11.6 Å². The third kappa shape index (κ3) is 2.44. The number of rotatable bonds is 3. The summed E-state index contributed by atoms with van der Waals surface area (Å²) in [6.45, 7) is 2.12. The molecule has 0 aliphatic rings. The molecule has 0 amide bonds. The summed E-state index contributed by atoms with van der Waals surface area (Å²) in [5.41, 5.74) is 0.997. The molecule has 0 aliphatic carbocycles. The highest BCUT2D eigenvalue weighted by molar-refractivity contribution is 9.10. The van der Waals surface area contributed by atoms with Crippen LogP contribution in [0.5, 0.6) is 0 Å². The van der Waals surface area contributed by atoms with Crippen molar-refractivity contribution in [1.29, 1.82) is 0 Å². The van der Waals surface area contributed by atoms with Crippen molar-refractivity contribution in [1.82, 2.24) is 14.8 Å². The maximum absolute atomic E-state index is 6.10. The van der Waals surface area contributed by atoms with Gasteiger partial charge in [0.05, 0.1) is 5.69 Å². The molecule has 0 unspecified atom stereocenters. The minimum Gasteiger partial charge on any atom is -0.236 e. The molecule has 5 heteroatoms. The number of aryl methyl sites for hydroxylation is 1. The second-order valence-corrected chi connectivity index (χ2v) is 4.76. The van der Waals surface area contributed by atoms with Crippen LogP contribution in [-0.4, -0.2) is 14.8 Å². The number of pyridine rings is 1. The van der Waals surface area contributed by atoms with E-state index < -0.39 is 0 Å². The van der Waals surface area contributed by atoms with Gasteiger partial charge < -0.3 is 0 Å². The lowest BCUT2D eigenvalue weighted by Crippen LogP contribution is -2.00. The fourth-order valence-corrected chi connectivity index (χ4v) is 1.92. The maximum Gasteiger partial charge on any atom is 0.155 e. The quantitative estimate of drug-likeness (QED) is 0.866. The van der Waals surface area contributed by atoms with Crippen LogP contribution in [0.15, 0.2) is 28.9 Å². The van der Waals surface area contributed by atoms with E-state index >= 15 is 0 Å². The first-order valence-electron chi connectivity index (χ1n) is 5.07. The Hall–Kier alpha value is -0.870. The van der Waals surface area contributed by atoms with Gasteiger partial charge in [0.15, 0.2) is 5.82 Å². The van der Waals surface area contributed by atoms with Crippen LogP contribution in [0.2, 0.25) is 5.15 Å². The SMILES string of the molecule is CCCc1cc(Cl)n(-c2ccc(Br)cn2)n1. The van der Waals surface area contributed by atoms with Crippen LogP contribution in [0.25, 0.3) is 5.82 Å². The highest BCUT2D eigenvalue weighted by Crippen LogP contribution is 2.18. The van der Waals surface area contributed by atoms with Crippen molar-refractivity contribution >= 4 is 27.5 Å². The second-order valence-electron chi connectivity index (χ2n) is 3.45. The lowest BCUT2D eigenvalue weighted by Gasteiger charge is -2.01. The van der Waals surface area contributed by atoms with Gasteiger partial charge in [-0.05, 0) is 40.5 Å². The van der Waals surface area contributed by atoms with Gasteiger partial charge in [0.25, 0.3) is 0 Å². The highest BCUT2D eigenvalue weighted by Gasteiger charge is 2.07. The van der Waals surface area contributed by atoms with Crippen LogP contribution in [0.4, 0.5) is 0 Å². The Morgan fingerprint density at radius 3 is 2.88 bits per heavy atom. The molecule has 0 bridgehead atoms. The lowest BCUT2D eigenvalue weighted by atomic mass is 10.3. The summed E-state index contributed by atoms with van der Waals surface area (Å²) in [4.78, 5) is 4.25. The van der Waals surface area contributed by atoms with Crippen LogP contribution in [0.1, 0.15) is 19.0 Å². The van der Waals surface area contributed by atoms with E-state index in [-0.39, 0.29) is 0 Å². The zero-order chi connectivity index (χ0) is 11.5. The monoisotopic (exact) mass is 299 g/mol. The standard InChI is InChI=1S/C11H11BrClN3/c1-2-3-9-6-10(13)16(15-9)11-5-4-8(12)7-14-11/h4-7H,2-3H2,1H3. The molecule has 2 aromatic rings. The molecule has 2 rings (SSSR count). The molecule has 0 saturated carbocycles. The van der Waals surface area contributed by atoms with E-state index in [1.807, 2.05) is 18.2 Å². The van der Waals surface area contributed by atoms with Gasteiger partial charge in [0.2, 0.25) is 0 Å². The van der Waals surface area contributed by atoms with E-state index in [2.05, 4.69) is 32.9 Å². The molecule has 0 saturated heterocycles. The minimum absolute atomic E-state index is 0.596. The molecule has 3 nitrogen and oxygen atoms in total. The number of hydrogen-bond acceptors (Lipinski definition) is 2. The van der Waals surface area contributed by atoms with E-state index in [0.29, 0.717) is 5.15 Å². The van der Waals surface area contributed by atoms with Crippen molar-refractivity contribution < 1.29 is 0 Å². The Morgan fingerprint density at radius 1 is 1.44 bits per heavy atom. The second kappa shape index (κ2) is 4.97. The summed E-state index contributed by atoms with van der Waals surface area (Å²) in [6.07, 6.45) is 3.72. The molecule has 2 heterocycles. The van der Waals surface area contributed by atoms with E-state index in [1.165, 1.54) is 0 Å². The molecule has 84 valence electrons. The third-order valence-corrected chi connectivity index (χ3v) is 2.89. The summed E-state index contributed by atoms with van der Waals surface area (Å²) >= 11 is 9.45. The maximum atomic E-state index is 6.10. The molecule has 2 aromatic heterocycles. The van der Waals surface area contributed by atoms with E-state index in [0.717, 1.165) is 28.8 Å². The summed E-state index contributed by atoms with van der Waals surface area (Å²) in [7, 11) is 0. The molecule has 0 radical (unpaired) electrons. The van der Waals surface area contributed by atoms with Gasteiger partial charge in [-0.2, -0.15) is 5.10 Å². The van der Waals surface area contributed by atoms with Gasteiger partial charge in [-0.15, -0.1) is 0 Å². The van der Waals surface area contributed by atoms with Crippen LogP contribution < -0.4 is 0 Å². The number of halogens is 2. The van der Waals surface area contributed by atoms with Gasteiger partial charge in [-0.1, -0.05) is 24.9 Å². The molecule has 0 atom stereocenters. The minimum atomic E-state index is 0.596. The molecule has 0 fully saturated rings. The summed E-state index contributed by atoms with van der Waals surface area (Å²) < 4.78 is 2.59. The molecule has 16 heavy (non-hydrogen) atoms. The highest BCUT2D eigenvalue weighted by atomic mass is 79.9. The van der Waals surface area contributed by atoms with E-state index in [1.54, 1.807) is 10.9 Å². The predicted molar refractivity (Wildman–Crippen MR) is 68.1 cm³/mol. The van der Waals surface area contributed by atoms with E-state index in [9.17, 15) is 0 Å². The van der Waals surface area contributed by atoms with Crippen LogP contribution >= 0.6 is 27.5 Å². The molecule has 0 aromatic carbocycles. The first-order chi connectivity index (χ1) is 7.70. The normalized spacial score (nSPS) is 10.7. The Labute approximate surface area is 108 Å². The molecular formula is C11H11BrClN3. The van der Waals surface area contributed by atoms with Gasteiger partial charge in [0.1, 0.15) is 5.15 Å². The molecule has 0 spiro atoms. The lowest BCUT2D eigenvalue weighted by molar-refractivity contribution is 0.790. The Balaban J connectivity index is 2.36. The number of hydrogen-bond donors (Lipinski definition) is 0. The van der Waals surface area contributed by atoms with Crippen LogP contribution in [-0.2, 0) is 6.42 Å². The Bertz CT molecular complexity index is 478. The molecule has 0 N–H and O–H groups in total. The summed E-state index contributed by atoms with van der Waals surface area (Å²) in [5, 5.41) is 5.00. The van der Waals surface area contributed by atoms with Gasteiger partial charge in [-0.25, -0.2) is 9.67 Å². The first kappa shape index (κ1) is 11.6. The first-order valence-corrected chi connectivity index (χ1v) is 6.24. The van der Waals surface area contributed by atoms with Crippen molar-refractivity contribution in [3.05, 3.63) is 39.7 Å². The van der Waals surface area contributed by atoms with Gasteiger partial charge in [-0.3, -0.25) is 0 Å². The van der Waals surface area contributed by atoms with Crippen molar-refractivity contribution in [3.63, 3.8) is 0 Å². The van der Waals surface area contributed by atoms with Gasteiger partial charge >= 0.3 is 0 Å². The fourth-order valence-electron chi connectivity index (χ4n) is 1.44. The summed E-state index contributed by atoms with van der Waals surface area (Å²) in [5.74, 6) is 0.732. The van der Waals surface area contributed by atoms with Crippen molar-refractivity contribution in [2.75, 3.05) is 0 Å². The topological polar surface area (TPSA) is 30.7 Å². The number of aromatic nitrogens is 3. The number of nitrogens with zero attached hydrogens (tertiary/aromatic N) is 3. The molecular weight excluding hydrogens is 289 g/mol. The predicted octanol–water partition coefficient (Wildman–Crippen LogP) is 3.64. The zero-order valence-electron chi connectivity index (χ0n) is 8.82. The van der Waals surface area contributed by atoms with Crippen LogP contribution in [0.3, 0.4) is 0 Å². The van der Waals surface area contributed by atoms with Crippen molar-refractivity contribution in [2.45, 2.75) is 19.8 Å². The Morgan fingerprint density at radius 2 is 2.25 bits per heavy atom. The average Bonchev–Trinajstić information content (AvgIpc) is 2.61. The third-order valence-electron chi connectivity index (χ3n) is 2.15. The van der Waals surface area contributed by atoms with Gasteiger partial charge in [0, 0.05) is 10.7 Å².